The summed E-state index contributed by atoms with van der Waals surface area (Å²) in [4.78, 5) is 37.9. The lowest BCUT2D eigenvalue weighted by atomic mass is 10.0. The smallest absolute Gasteiger partial charge is 0.306 e. The minimum absolute atomic E-state index is 0.111. The van der Waals surface area contributed by atoms with Crippen LogP contribution in [0, 0.1) is 0 Å². The van der Waals surface area contributed by atoms with E-state index >= 15 is 0 Å². The molecule has 0 aliphatic rings. The van der Waals surface area contributed by atoms with Crippen LogP contribution in [0.25, 0.3) is 0 Å². The summed E-state index contributed by atoms with van der Waals surface area (Å²) in [5.74, 6) is -1.02. The van der Waals surface area contributed by atoms with E-state index in [0.29, 0.717) is 19.3 Å². The van der Waals surface area contributed by atoms with Gasteiger partial charge in [-0.3, -0.25) is 14.4 Å². The molecule has 0 bridgehead atoms. The Morgan fingerprint density at radius 1 is 0.355 bits per heavy atom. The molecule has 352 valence electrons. The minimum atomic E-state index is -0.814. The maximum absolute atomic E-state index is 12.8. The molecule has 0 aromatic carbocycles. The number of esters is 3. The van der Waals surface area contributed by atoms with Crippen LogP contribution in [0.4, 0.5) is 0 Å². The fourth-order valence-electron chi connectivity index (χ4n) is 6.67. The summed E-state index contributed by atoms with van der Waals surface area (Å²) in [6, 6.07) is 0. The first kappa shape index (κ1) is 58.3. The predicted octanol–water partition coefficient (Wildman–Crippen LogP) is 16.6. The fourth-order valence-corrected chi connectivity index (χ4v) is 6.67. The standard InChI is InChI=1S/C56H92O6/c1-4-7-10-13-16-19-22-25-27-29-31-34-37-40-43-46-49-55(58)61-52-53(51-60-54(57)48-45-42-39-36-33-30-24-21-18-15-12-9-6-3)62-56(59)50-47-44-41-38-35-32-28-26-23-20-17-14-11-8-5-2/h7,9-10,12,15-16,18-19,21,24-25,27,31,34,40,43,53H,4-6,8,11,13-14,17,20,22-23,26,28-30,32-33,35-39,41-42,44-52H2,1-3H3/b10-7-,12-9-,18-15-,19-16-,24-21-,27-25-,34-31-,43-40-. The van der Waals surface area contributed by atoms with E-state index in [-0.39, 0.29) is 37.5 Å². The van der Waals surface area contributed by atoms with Gasteiger partial charge in [-0.2, -0.15) is 0 Å². The first-order valence-electron chi connectivity index (χ1n) is 25.3. The number of unbranched alkanes of at least 4 members (excludes halogenated alkanes) is 19. The van der Waals surface area contributed by atoms with Gasteiger partial charge in [0, 0.05) is 19.3 Å². The van der Waals surface area contributed by atoms with Gasteiger partial charge in [0.15, 0.2) is 6.10 Å². The van der Waals surface area contributed by atoms with E-state index < -0.39 is 6.10 Å². The van der Waals surface area contributed by atoms with Crippen molar-refractivity contribution < 1.29 is 28.6 Å². The van der Waals surface area contributed by atoms with Crippen molar-refractivity contribution in [2.45, 2.75) is 226 Å². The lowest BCUT2D eigenvalue weighted by molar-refractivity contribution is -0.166. The normalized spacial score (nSPS) is 12.9. The number of ether oxygens (including phenoxy) is 3. The molecule has 0 aromatic heterocycles. The van der Waals surface area contributed by atoms with Crippen molar-refractivity contribution in [3.05, 3.63) is 97.2 Å². The van der Waals surface area contributed by atoms with Gasteiger partial charge in [-0.1, -0.05) is 227 Å². The Balaban J connectivity index is 4.52. The van der Waals surface area contributed by atoms with Crippen LogP contribution in [-0.2, 0) is 28.6 Å². The Hall–Kier alpha value is -3.67. The summed E-state index contributed by atoms with van der Waals surface area (Å²) >= 11 is 0. The van der Waals surface area contributed by atoms with Crippen molar-refractivity contribution in [2.75, 3.05) is 13.2 Å². The maximum Gasteiger partial charge on any atom is 0.306 e. The van der Waals surface area contributed by atoms with E-state index in [4.69, 9.17) is 14.2 Å². The third-order valence-corrected chi connectivity index (χ3v) is 10.4. The Kier molecular flexibility index (Phi) is 47.0. The first-order chi connectivity index (χ1) is 30.5. The molecule has 0 aliphatic carbocycles. The molecule has 6 nitrogen and oxygen atoms in total. The number of allylic oxidation sites excluding steroid dienone is 16. The molecule has 0 radical (unpaired) electrons. The molecule has 0 aromatic rings. The van der Waals surface area contributed by atoms with Crippen LogP contribution in [0.15, 0.2) is 97.2 Å². The van der Waals surface area contributed by atoms with Crippen LogP contribution in [0.5, 0.6) is 0 Å². The number of hydrogen-bond donors (Lipinski definition) is 0. The van der Waals surface area contributed by atoms with Gasteiger partial charge in [-0.05, 0) is 70.6 Å². The highest BCUT2D eigenvalue weighted by Gasteiger charge is 2.19. The lowest BCUT2D eigenvalue weighted by Gasteiger charge is -2.18. The van der Waals surface area contributed by atoms with Crippen LogP contribution >= 0.6 is 0 Å². The highest BCUT2D eigenvalue weighted by atomic mass is 16.6. The maximum atomic E-state index is 12.8. The second kappa shape index (κ2) is 50.0. The largest absolute Gasteiger partial charge is 0.462 e. The summed E-state index contributed by atoms with van der Waals surface area (Å²) < 4.78 is 16.7. The monoisotopic (exact) mass is 861 g/mol. The van der Waals surface area contributed by atoms with Gasteiger partial charge in [-0.15, -0.1) is 0 Å². The molecule has 0 saturated carbocycles. The van der Waals surface area contributed by atoms with E-state index in [0.717, 1.165) is 96.3 Å². The molecule has 0 aliphatic heterocycles. The number of rotatable bonds is 44. The van der Waals surface area contributed by atoms with E-state index in [9.17, 15) is 14.4 Å². The zero-order chi connectivity index (χ0) is 45.1. The minimum Gasteiger partial charge on any atom is -0.462 e. The van der Waals surface area contributed by atoms with Gasteiger partial charge in [0.2, 0.25) is 0 Å². The van der Waals surface area contributed by atoms with E-state index in [1.54, 1.807) is 0 Å². The summed E-state index contributed by atoms with van der Waals surface area (Å²) in [7, 11) is 0. The van der Waals surface area contributed by atoms with Crippen molar-refractivity contribution >= 4 is 17.9 Å². The second-order valence-electron chi connectivity index (χ2n) is 16.4. The molecular formula is C56H92O6. The van der Waals surface area contributed by atoms with Gasteiger partial charge in [-0.25, -0.2) is 0 Å². The molecule has 6 heteroatoms. The lowest BCUT2D eigenvalue weighted by Crippen LogP contribution is -2.30. The Morgan fingerprint density at radius 3 is 1.23 bits per heavy atom. The van der Waals surface area contributed by atoms with Gasteiger partial charge in [0.1, 0.15) is 13.2 Å². The van der Waals surface area contributed by atoms with Crippen LogP contribution in [0.3, 0.4) is 0 Å². The first-order valence-corrected chi connectivity index (χ1v) is 25.3. The molecule has 0 rings (SSSR count). The van der Waals surface area contributed by atoms with Crippen molar-refractivity contribution in [3.63, 3.8) is 0 Å². The van der Waals surface area contributed by atoms with Crippen LogP contribution in [0.1, 0.15) is 220 Å². The van der Waals surface area contributed by atoms with E-state index in [1.807, 2.05) is 12.2 Å². The molecule has 0 N–H and O–H groups in total. The molecule has 0 fully saturated rings. The average Bonchev–Trinajstić information content (AvgIpc) is 3.27. The SMILES string of the molecule is CC\C=C/C=C\C=C/CCCCCCCC(=O)OCC(COC(=O)CC/C=C\C/C=C\C/C=C\C/C=C\C/C=C\CC)OC(=O)CCCCCCCCCCCCCCCCC. The van der Waals surface area contributed by atoms with Crippen molar-refractivity contribution in [2.24, 2.45) is 0 Å². The summed E-state index contributed by atoms with van der Waals surface area (Å²) in [6.45, 7) is 6.30. The molecule has 62 heavy (non-hydrogen) atoms. The molecule has 0 spiro atoms. The van der Waals surface area contributed by atoms with Crippen molar-refractivity contribution in [1.29, 1.82) is 0 Å². The van der Waals surface area contributed by atoms with Gasteiger partial charge in [0.25, 0.3) is 0 Å². The fraction of sp³-hybridized carbons (Fsp3) is 0.661. The summed E-state index contributed by atoms with van der Waals surface area (Å²) in [5.41, 5.74) is 0. The third kappa shape index (κ3) is 47.4. The highest BCUT2D eigenvalue weighted by Crippen LogP contribution is 2.15. The van der Waals surface area contributed by atoms with Crippen LogP contribution in [0.2, 0.25) is 0 Å². The third-order valence-electron chi connectivity index (χ3n) is 10.4. The van der Waals surface area contributed by atoms with Crippen molar-refractivity contribution in [3.8, 4) is 0 Å². The van der Waals surface area contributed by atoms with Gasteiger partial charge in [0.05, 0.1) is 0 Å². The molecular weight excluding hydrogens is 769 g/mol. The second-order valence-corrected chi connectivity index (χ2v) is 16.4. The van der Waals surface area contributed by atoms with Gasteiger partial charge < -0.3 is 14.2 Å². The zero-order valence-corrected chi connectivity index (χ0v) is 40.1. The Morgan fingerprint density at radius 2 is 0.742 bits per heavy atom. The van der Waals surface area contributed by atoms with Crippen molar-refractivity contribution in [1.82, 2.24) is 0 Å². The number of carbonyl (C=O) groups excluding carboxylic acids is 3. The molecule has 0 amide bonds. The molecule has 0 heterocycles. The topological polar surface area (TPSA) is 78.9 Å². The quantitative estimate of drug-likeness (QED) is 0.0200. The molecule has 0 saturated heterocycles. The summed E-state index contributed by atoms with van der Waals surface area (Å²) in [5, 5.41) is 0. The molecule has 1 atom stereocenters. The number of carbonyl (C=O) groups is 3. The van der Waals surface area contributed by atoms with Crippen LogP contribution < -0.4 is 0 Å². The predicted molar refractivity (Wildman–Crippen MR) is 265 cm³/mol. The number of hydrogen-bond acceptors (Lipinski definition) is 6. The van der Waals surface area contributed by atoms with Crippen LogP contribution in [-0.4, -0.2) is 37.2 Å². The van der Waals surface area contributed by atoms with Gasteiger partial charge >= 0.3 is 17.9 Å². The zero-order valence-electron chi connectivity index (χ0n) is 40.1. The molecule has 1 unspecified atom stereocenters. The van der Waals surface area contributed by atoms with E-state index in [1.165, 1.54) is 77.0 Å². The highest BCUT2D eigenvalue weighted by molar-refractivity contribution is 5.71. The Labute approximate surface area is 381 Å². The average molecular weight is 861 g/mol. The Bertz CT molecular complexity index is 1260. The summed E-state index contributed by atoms with van der Waals surface area (Å²) in [6.07, 6.45) is 65.4. The van der Waals surface area contributed by atoms with E-state index in [2.05, 4.69) is 106 Å².